The van der Waals surface area contributed by atoms with Gasteiger partial charge in [0.05, 0.1) is 7.11 Å². The fourth-order valence-corrected chi connectivity index (χ4v) is 3.98. The summed E-state index contributed by atoms with van der Waals surface area (Å²) in [5.41, 5.74) is 6.43. The van der Waals surface area contributed by atoms with E-state index in [1.54, 1.807) is 31.2 Å². The zero-order valence-electron chi connectivity index (χ0n) is 19.6. The van der Waals surface area contributed by atoms with E-state index in [2.05, 4.69) is 24.7 Å². The fraction of sp³-hybridized carbons (Fsp3) is 0.130. The molecule has 3 aromatic heterocycles. The van der Waals surface area contributed by atoms with E-state index in [1.807, 2.05) is 0 Å². The minimum atomic E-state index is -4.24. The lowest BCUT2D eigenvalue weighted by Crippen LogP contribution is -2.45. The Kier molecular flexibility index (Phi) is 7.17. The molecular weight excluding hydrogens is 504 g/mol. The minimum absolute atomic E-state index is 0.0760. The van der Waals surface area contributed by atoms with Crippen molar-refractivity contribution in [2.75, 3.05) is 11.8 Å². The summed E-state index contributed by atoms with van der Waals surface area (Å²) in [5, 5.41) is 18.7. The highest BCUT2D eigenvalue weighted by Crippen LogP contribution is 2.41. The lowest BCUT2D eigenvalue weighted by molar-refractivity contribution is -0.287. The molecule has 4 rings (SSSR count). The molecule has 4 aromatic rings. The molecular formula is C23H22N6O7S. The van der Waals surface area contributed by atoms with Gasteiger partial charge in [0.15, 0.2) is 28.2 Å². The number of sulfonamides is 1. The van der Waals surface area contributed by atoms with Crippen LogP contribution in [0.3, 0.4) is 0 Å². The molecule has 0 atom stereocenters. The maximum Gasteiger partial charge on any atom is 0.389 e. The second-order valence-electron chi connectivity index (χ2n) is 7.56. The summed E-state index contributed by atoms with van der Waals surface area (Å²) >= 11 is 0. The van der Waals surface area contributed by atoms with Crippen molar-refractivity contribution in [3.05, 3.63) is 72.7 Å². The molecule has 0 unspecified atom stereocenters. The highest BCUT2D eigenvalue weighted by Gasteiger charge is 2.27. The maximum absolute atomic E-state index is 13.2. The topological polar surface area (TPSA) is 192 Å². The predicted octanol–water partition coefficient (Wildman–Crippen LogP) is 1.78. The number of hydrogen-bond acceptors (Lipinski definition) is 12. The zero-order valence-corrected chi connectivity index (χ0v) is 20.4. The summed E-state index contributed by atoms with van der Waals surface area (Å²) in [7, 11) is -2.93. The largest absolute Gasteiger partial charge is 0.478 e. The SMILES string of the molecule is COc1nc(-c2ccncc2)nc(NS(=O)(=O)c2ccc(C)cn2)c1Oc1ccccc1OC(N)(O)O. The molecule has 37 heavy (non-hydrogen) atoms. The molecule has 1 aromatic carbocycles. The summed E-state index contributed by atoms with van der Waals surface area (Å²) in [6.07, 6.45) is 1.44. The van der Waals surface area contributed by atoms with Gasteiger partial charge in [-0.1, -0.05) is 18.2 Å². The van der Waals surface area contributed by atoms with Crippen LogP contribution in [0, 0.1) is 6.92 Å². The number of nitrogens with one attached hydrogen (secondary N) is 1. The first kappa shape index (κ1) is 25.7. The van der Waals surface area contributed by atoms with Gasteiger partial charge in [0.1, 0.15) is 0 Å². The van der Waals surface area contributed by atoms with Crippen LogP contribution in [0.15, 0.2) is 72.1 Å². The number of hydrogen-bond donors (Lipinski definition) is 4. The fourth-order valence-electron chi connectivity index (χ4n) is 3.04. The van der Waals surface area contributed by atoms with Crippen molar-refractivity contribution in [3.63, 3.8) is 0 Å². The second kappa shape index (κ2) is 10.3. The van der Waals surface area contributed by atoms with Crippen molar-refractivity contribution >= 4 is 15.8 Å². The molecule has 0 saturated heterocycles. The Labute approximate surface area is 211 Å². The normalized spacial score (nSPS) is 11.6. The monoisotopic (exact) mass is 526 g/mol. The molecule has 5 N–H and O–H groups in total. The smallest absolute Gasteiger partial charge is 0.389 e. The minimum Gasteiger partial charge on any atom is -0.478 e. The van der Waals surface area contributed by atoms with Gasteiger partial charge >= 0.3 is 6.10 Å². The van der Waals surface area contributed by atoms with Crippen LogP contribution in [0.2, 0.25) is 0 Å². The third-order valence-electron chi connectivity index (χ3n) is 4.68. The summed E-state index contributed by atoms with van der Waals surface area (Å²) in [6.45, 7) is 1.77. The van der Waals surface area contributed by atoms with E-state index in [9.17, 15) is 18.6 Å². The lowest BCUT2D eigenvalue weighted by Gasteiger charge is -2.20. The number of ether oxygens (including phenoxy) is 3. The summed E-state index contributed by atoms with van der Waals surface area (Å²) in [4.78, 5) is 16.6. The second-order valence-corrected chi connectivity index (χ2v) is 9.19. The summed E-state index contributed by atoms with van der Waals surface area (Å²) in [5.74, 6) is -0.818. The Morgan fingerprint density at radius 1 is 1.00 bits per heavy atom. The molecule has 0 aliphatic rings. The number of anilines is 1. The number of benzene rings is 1. The first-order chi connectivity index (χ1) is 17.6. The quantitative estimate of drug-likeness (QED) is 0.231. The Bertz CT molecular complexity index is 1490. The molecule has 3 heterocycles. The van der Waals surface area contributed by atoms with Crippen LogP contribution >= 0.6 is 0 Å². The van der Waals surface area contributed by atoms with Crippen LogP contribution in [0.1, 0.15) is 5.56 Å². The van der Waals surface area contributed by atoms with Gasteiger partial charge in [0, 0.05) is 24.2 Å². The van der Waals surface area contributed by atoms with E-state index in [-0.39, 0.29) is 39.8 Å². The van der Waals surface area contributed by atoms with Gasteiger partial charge in [-0.15, -0.1) is 0 Å². The molecule has 0 fully saturated rings. The number of aromatic nitrogens is 4. The van der Waals surface area contributed by atoms with E-state index in [0.29, 0.717) is 5.56 Å². The first-order valence-electron chi connectivity index (χ1n) is 10.6. The van der Waals surface area contributed by atoms with Gasteiger partial charge in [0.2, 0.25) is 5.75 Å². The molecule has 0 bridgehead atoms. The van der Waals surface area contributed by atoms with Crippen LogP contribution in [-0.4, -0.2) is 51.8 Å². The average molecular weight is 527 g/mol. The van der Waals surface area contributed by atoms with Crippen molar-refractivity contribution < 1.29 is 32.8 Å². The highest BCUT2D eigenvalue weighted by molar-refractivity contribution is 7.92. The number of nitrogens with zero attached hydrogens (tertiary/aromatic N) is 4. The van der Waals surface area contributed by atoms with Crippen molar-refractivity contribution in [3.8, 4) is 34.5 Å². The predicted molar refractivity (Wildman–Crippen MR) is 130 cm³/mol. The summed E-state index contributed by atoms with van der Waals surface area (Å²) < 4.78 is 44.9. The van der Waals surface area contributed by atoms with Crippen molar-refractivity contribution in [1.82, 2.24) is 19.9 Å². The van der Waals surface area contributed by atoms with E-state index in [4.69, 9.17) is 19.9 Å². The zero-order chi connectivity index (χ0) is 26.6. The molecule has 192 valence electrons. The van der Waals surface area contributed by atoms with Crippen LogP contribution < -0.4 is 24.7 Å². The van der Waals surface area contributed by atoms with Crippen molar-refractivity contribution in [2.24, 2.45) is 5.73 Å². The van der Waals surface area contributed by atoms with Crippen molar-refractivity contribution in [1.29, 1.82) is 0 Å². The van der Waals surface area contributed by atoms with E-state index in [0.717, 1.165) is 5.56 Å². The van der Waals surface area contributed by atoms with Crippen LogP contribution in [0.25, 0.3) is 11.4 Å². The van der Waals surface area contributed by atoms with Gasteiger partial charge in [-0.2, -0.15) is 13.4 Å². The first-order valence-corrected chi connectivity index (χ1v) is 12.1. The molecule has 0 aliphatic heterocycles. The Hall–Kier alpha value is -4.37. The highest BCUT2D eigenvalue weighted by atomic mass is 32.2. The Morgan fingerprint density at radius 3 is 2.32 bits per heavy atom. The average Bonchev–Trinajstić information content (AvgIpc) is 2.85. The molecule has 0 radical (unpaired) electrons. The molecule has 0 aliphatic carbocycles. The van der Waals surface area contributed by atoms with Gasteiger partial charge in [-0.25, -0.2) is 15.7 Å². The summed E-state index contributed by atoms with van der Waals surface area (Å²) in [6, 6.07) is 12.0. The molecule has 0 amide bonds. The van der Waals surface area contributed by atoms with Crippen LogP contribution in [0.4, 0.5) is 5.82 Å². The number of rotatable bonds is 9. The molecule has 0 spiro atoms. The number of nitrogens with two attached hydrogens (primary N) is 1. The number of pyridine rings is 2. The number of aryl methyl sites for hydroxylation is 1. The van der Waals surface area contributed by atoms with Crippen LogP contribution in [-0.2, 0) is 10.0 Å². The van der Waals surface area contributed by atoms with E-state index < -0.39 is 16.1 Å². The third-order valence-corrected chi connectivity index (χ3v) is 5.93. The van der Waals surface area contributed by atoms with Crippen molar-refractivity contribution in [2.45, 2.75) is 18.0 Å². The number of aliphatic hydroxyl groups is 2. The van der Waals surface area contributed by atoms with Gasteiger partial charge in [0.25, 0.3) is 15.9 Å². The van der Waals surface area contributed by atoms with E-state index in [1.165, 1.54) is 50.0 Å². The molecule has 0 saturated carbocycles. The molecule has 13 nitrogen and oxygen atoms in total. The number of para-hydroxylation sites is 2. The lowest BCUT2D eigenvalue weighted by atomic mass is 10.2. The standard InChI is InChI=1S/C23H22N6O7S/c1-14-7-8-18(26-13-14)37(32,33)29-21-19(35-16-5-3-4-6-17(16)36-23(24,30)31)22(34-2)28-20(27-21)15-9-11-25-12-10-15/h3-13,30-31H,24H2,1-2H3,(H,27,28,29). The van der Waals surface area contributed by atoms with E-state index >= 15 is 0 Å². The Balaban J connectivity index is 1.85. The third kappa shape index (κ3) is 6.25. The Morgan fingerprint density at radius 2 is 1.70 bits per heavy atom. The van der Waals surface area contributed by atoms with Gasteiger partial charge < -0.3 is 24.4 Å². The van der Waals surface area contributed by atoms with Crippen LogP contribution in [0.5, 0.6) is 23.1 Å². The molecule has 14 heteroatoms. The maximum atomic E-state index is 13.2. The van der Waals surface area contributed by atoms with Gasteiger partial charge in [-0.05, 0) is 42.8 Å². The number of methoxy groups -OCH3 is 1. The van der Waals surface area contributed by atoms with Gasteiger partial charge in [-0.3, -0.25) is 9.71 Å².